The molecule has 2 N–H and O–H groups in total. The summed E-state index contributed by atoms with van der Waals surface area (Å²) in [4.78, 5) is 18.6. The van der Waals surface area contributed by atoms with Gasteiger partial charge < -0.3 is 0 Å². The van der Waals surface area contributed by atoms with Crippen LogP contribution in [0.1, 0.15) is 23.9 Å². The first-order valence-corrected chi connectivity index (χ1v) is 7.14. The summed E-state index contributed by atoms with van der Waals surface area (Å²) in [5, 5.41) is 9.40. The Bertz CT molecular complexity index is 651. The van der Waals surface area contributed by atoms with E-state index in [0.717, 1.165) is 19.5 Å². The second kappa shape index (κ2) is 5.65. The van der Waals surface area contributed by atoms with Gasteiger partial charge in [0.2, 0.25) is 11.9 Å². The van der Waals surface area contributed by atoms with Crippen LogP contribution < -0.4 is 5.32 Å². The van der Waals surface area contributed by atoms with E-state index in [1.54, 1.807) is 6.92 Å². The van der Waals surface area contributed by atoms with E-state index >= 15 is 0 Å². The normalized spacial score (nSPS) is 16.3. The number of fused-ring (bicyclic) bond motifs is 1. The van der Waals surface area contributed by atoms with Crippen molar-refractivity contribution in [3.63, 3.8) is 0 Å². The number of amides is 1. The highest BCUT2D eigenvalue weighted by Crippen LogP contribution is 2.20. The van der Waals surface area contributed by atoms with Crippen molar-refractivity contribution < 1.29 is 4.79 Å². The van der Waals surface area contributed by atoms with Gasteiger partial charge in [-0.15, -0.1) is 5.10 Å². The average Bonchev–Trinajstić information content (AvgIpc) is 2.91. The zero-order chi connectivity index (χ0) is 14.8. The van der Waals surface area contributed by atoms with Gasteiger partial charge in [0.25, 0.3) is 0 Å². The van der Waals surface area contributed by atoms with Gasteiger partial charge in [0.05, 0.1) is 6.04 Å². The Kier molecular flexibility index (Phi) is 3.70. The van der Waals surface area contributed by atoms with E-state index in [4.69, 9.17) is 0 Å². The number of carbonyl (C=O) groups is 1. The van der Waals surface area contributed by atoms with Crippen LogP contribution in [-0.4, -0.2) is 38.6 Å². The summed E-state index contributed by atoms with van der Waals surface area (Å²) in [6.45, 7) is 5.41. The Balaban J connectivity index is 1.66. The van der Waals surface area contributed by atoms with Crippen molar-refractivity contribution in [2.75, 3.05) is 11.9 Å². The number of nitrogens with one attached hydrogen (secondary N) is 2. The monoisotopic (exact) mass is 285 g/mol. The average molecular weight is 285 g/mol. The van der Waals surface area contributed by atoms with Crippen molar-refractivity contribution in [2.24, 2.45) is 0 Å². The van der Waals surface area contributed by atoms with Crippen LogP contribution in [0.2, 0.25) is 0 Å². The summed E-state index contributed by atoms with van der Waals surface area (Å²) in [5.74, 6) is 0.944. The molecule has 3 rings (SSSR count). The molecule has 6 nitrogen and oxygen atoms in total. The molecule has 1 aromatic heterocycles. The first kappa shape index (κ1) is 13.8. The van der Waals surface area contributed by atoms with Gasteiger partial charge in [0.15, 0.2) is 0 Å². The molecule has 21 heavy (non-hydrogen) atoms. The zero-order valence-electron chi connectivity index (χ0n) is 12.3. The summed E-state index contributed by atoms with van der Waals surface area (Å²) < 4.78 is 0. The summed E-state index contributed by atoms with van der Waals surface area (Å²) in [5.41, 5.74) is 2.68. The molecule has 1 aromatic carbocycles. The smallest absolute Gasteiger partial charge is 0.248 e. The van der Waals surface area contributed by atoms with Crippen molar-refractivity contribution in [1.82, 2.24) is 20.1 Å². The van der Waals surface area contributed by atoms with Crippen LogP contribution in [0.15, 0.2) is 24.3 Å². The van der Waals surface area contributed by atoms with Crippen LogP contribution in [0.5, 0.6) is 0 Å². The van der Waals surface area contributed by atoms with E-state index in [9.17, 15) is 4.79 Å². The second-order valence-corrected chi connectivity index (χ2v) is 5.40. The van der Waals surface area contributed by atoms with E-state index < -0.39 is 0 Å². The maximum absolute atomic E-state index is 12.3. The quantitative estimate of drug-likeness (QED) is 0.896. The van der Waals surface area contributed by atoms with Gasteiger partial charge in [-0.2, -0.15) is 4.98 Å². The number of anilines is 1. The third kappa shape index (κ3) is 2.95. The van der Waals surface area contributed by atoms with Gasteiger partial charge in [-0.3, -0.25) is 20.1 Å². The lowest BCUT2D eigenvalue weighted by Gasteiger charge is -2.32. The number of aryl methyl sites for hydroxylation is 1. The number of aromatic nitrogens is 3. The van der Waals surface area contributed by atoms with Crippen LogP contribution in [0, 0.1) is 6.92 Å². The fourth-order valence-electron chi connectivity index (χ4n) is 2.63. The fourth-order valence-corrected chi connectivity index (χ4v) is 2.63. The lowest BCUT2D eigenvalue weighted by Crippen LogP contribution is -2.44. The molecule has 0 saturated heterocycles. The largest absolute Gasteiger partial charge is 0.292 e. The number of hydrogen-bond acceptors (Lipinski definition) is 4. The fraction of sp³-hybridized carbons (Fsp3) is 0.400. The highest BCUT2D eigenvalue weighted by atomic mass is 16.2. The highest BCUT2D eigenvalue weighted by Gasteiger charge is 2.25. The molecule has 1 aliphatic heterocycles. The summed E-state index contributed by atoms with van der Waals surface area (Å²) >= 11 is 0. The van der Waals surface area contributed by atoms with Crippen molar-refractivity contribution in [1.29, 1.82) is 0 Å². The number of aromatic amines is 1. The van der Waals surface area contributed by atoms with Gasteiger partial charge in [0.1, 0.15) is 5.82 Å². The Labute approximate surface area is 123 Å². The highest BCUT2D eigenvalue weighted by molar-refractivity contribution is 5.93. The van der Waals surface area contributed by atoms with Crippen molar-refractivity contribution in [2.45, 2.75) is 32.9 Å². The number of benzene rings is 1. The van der Waals surface area contributed by atoms with Gasteiger partial charge >= 0.3 is 0 Å². The molecule has 1 atom stereocenters. The molecular formula is C15H19N5O. The molecule has 0 saturated carbocycles. The molecule has 0 fully saturated rings. The van der Waals surface area contributed by atoms with Crippen LogP contribution in [-0.2, 0) is 17.8 Å². The standard InChI is InChI=1S/C15H19N5O/c1-10(14(21)17-15-16-11(2)18-19-15)20-8-7-12-5-3-4-6-13(12)9-20/h3-6,10H,7-9H2,1-2H3,(H2,16,17,18,19,21). The van der Waals surface area contributed by atoms with Crippen LogP contribution in [0.3, 0.4) is 0 Å². The number of H-pyrrole nitrogens is 1. The summed E-state index contributed by atoms with van der Waals surface area (Å²) in [6, 6.07) is 8.19. The first-order valence-electron chi connectivity index (χ1n) is 7.14. The lowest BCUT2D eigenvalue weighted by atomic mass is 9.99. The van der Waals surface area contributed by atoms with E-state index in [-0.39, 0.29) is 11.9 Å². The molecule has 1 unspecified atom stereocenters. The minimum Gasteiger partial charge on any atom is -0.292 e. The molecule has 2 aromatic rings. The molecule has 0 aliphatic carbocycles. The summed E-state index contributed by atoms with van der Waals surface area (Å²) in [7, 11) is 0. The topological polar surface area (TPSA) is 73.9 Å². The third-order valence-electron chi connectivity index (χ3n) is 3.92. The third-order valence-corrected chi connectivity index (χ3v) is 3.92. The number of hydrogen-bond donors (Lipinski definition) is 2. The molecule has 0 radical (unpaired) electrons. The first-order chi connectivity index (χ1) is 10.1. The van der Waals surface area contributed by atoms with Gasteiger partial charge in [0, 0.05) is 13.1 Å². The van der Waals surface area contributed by atoms with E-state index in [1.165, 1.54) is 11.1 Å². The van der Waals surface area contributed by atoms with Gasteiger partial charge in [-0.25, -0.2) is 0 Å². The summed E-state index contributed by atoms with van der Waals surface area (Å²) in [6.07, 6.45) is 0.980. The molecule has 2 heterocycles. The Hall–Kier alpha value is -2.21. The van der Waals surface area contributed by atoms with Crippen molar-refractivity contribution in [3.8, 4) is 0 Å². The van der Waals surface area contributed by atoms with Gasteiger partial charge in [-0.05, 0) is 31.4 Å². The second-order valence-electron chi connectivity index (χ2n) is 5.40. The number of rotatable bonds is 3. The zero-order valence-corrected chi connectivity index (χ0v) is 12.3. The maximum Gasteiger partial charge on any atom is 0.248 e. The molecule has 1 aliphatic rings. The molecular weight excluding hydrogens is 266 g/mol. The van der Waals surface area contributed by atoms with Crippen LogP contribution >= 0.6 is 0 Å². The van der Waals surface area contributed by atoms with Crippen molar-refractivity contribution in [3.05, 3.63) is 41.2 Å². The Morgan fingerprint density at radius 1 is 1.38 bits per heavy atom. The van der Waals surface area contributed by atoms with E-state index in [0.29, 0.717) is 11.8 Å². The lowest BCUT2D eigenvalue weighted by molar-refractivity contribution is -0.121. The molecule has 110 valence electrons. The molecule has 6 heteroatoms. The predicted molar refractivity (Wildman–Crippen MR) is 79.8 cm³/mol. The number of carbonyl (C=O) groups excluding carboxylic acids is 1. The maximum atomic E-state index is 12.3. The molecule has 0 spiro atoms. The predicted octanol–water partition coefficient (Wildman–Crippen LogP) is 1.50. The van der Waals surface area contributed by atoms with Crippen molar-refractivity contribution >= 4 is 11.9 Å². The van der Waals surface area contributed by atoms with Gasteiger partial charge in [-0.1, -0.05) is 24.3 Å². The minimum atomic E-state index is -0.211. The minimum absolute atomic E-state index is 0.0756. The van der Waals surface area contributed by atoms with Crippen LogP contribution in [0.4, 0.5) is 5.95 Å². The molecule has 1 amide bonds. The van der Waals surface area contributed by atoms with Crippen LogP contribution in [0.25, 0.3) is 0 Å². The SMILES string of the molecule is Cc1nc(NC(=O)C(C)N2CCc3ccccc3C2)n[nH]1. The molecule has 0 bridgehead atoms. The van der Waals surface area contributed by atoms with E-state index in [2.05, 4.69) is 43.6 Å². The Morgan fingerprint density at radius 2 is 2.14 bits per heavy atom. The van der Waals surface area contributed by atoms with E-state index in [1.807, 2.05) is 13.0 Å². The Morgan fingerprint density at radius 3 is 2.86 bits per heavy atom. The number of nitrogens with zero attached hydrogens (tertiary/aromatic N) is 3.